The SMILES string of the molecule is CN(CC(=O)NC(C)(C)C)C(=O)/C=C\c1ccc(Cl)c(C(F)(F)F)c1. The minimum absolute atomic E-state index is 0.158. The highest BCUT2D eigenvalue weighted by molar-refractivity contribution is 6.31. The number of nitrogens with zero attached hydrogens (tertiary/aromatic N) is 1. The van der Waals surface area contributed by atoms with Gasteiger partial charge in [-0.25, -0.2) is 0 Å². The van der Waals surface area contributed by atoms with Gasteiger partial charge in [-0.2, -0.15) is 13.2 Å². The van der Waals surface area contributed by atoms with Crippen molar-refractivity contribution in [2.24, 2.45) is 0 Å². The Morgan fingerprint density at radius 2 is 1.84 bits per heavy atom. The first-order valence-corrected chi connectivity index (χ1v) is 7.78. The van der Waals surface area contributed by atoms with Crippen LogP contribution in [0.2, 0.25) is 5.02 Å². The zero-order valence-electron chi connectivity index (χ0n) is 14.4. The predicted octanol–water partition coefficient (Wildman–Crippen LogP) is 3.75. The van der Waals surface area contributed by atoms with E-state index >= 15 is 0 Å². The van der Waals surface area contributed by atoms with E-state index in [1.807, 2.05) is 20.8 Å². The standard InChI is InChI=1S/C17H20ClF3N2O2/c1-16(2,3)22-14(24)10-23(4)15(25)8-6-11-5-7-13(18)12(9-11)17(19,20)21/h5-9H,10H2,1-4H3,(H,22,24)/b8-6-. The van der Waals surface area contributed by atoms with Crippen molar-refractivity contribution in [2.45, 2.75) is 32.5 Å². The van der Waals surface area contributed by atoms with E-state index in [-0.39, 0.29) is 18.0 Å². The van der Waals surface area contributed by atoms with Crippen LogP contribution in [0.4, 0.5) is 13.2 Å². The third-order valence-electron chi connectivity index (χ3n) is 2.99. The first kappa shape index (κ1) is 21.0. The van der Waals surface area contributed by atoms with Gasteiger partial charge in [0.15, 0.2) is 0 Å². The fourth-order valence-corrected chi connectivity index (χ4v) is 2.13. The summed E-state index contributed by atoms with van der Waals surface area (Å²) >= 11 is 5.54. The summed E-state index contributed by atoms with van der Waals surface area (Å²) in [7, 11) is 1.43. The average molecular weight is 377 g/mol. The van der Waals surface area contributed by atoms with Gasteiger partial charge < -0.3 is 10.2 Å². The monoisotopic (exact) mass is 376 g/mol. The second-order valence-electron chi connectivity index (χ2n) is 6.56. The number of rotatable bonds is 4. The van der Waals surface area contributed by atoms with Crippen LogP contribution in [0.1, 0.15) is 31.9 Å². The number of benzene rings is 1. The molecule has 2 amide bonds. The number of carbonyl (C=O) groups is 2. The molecule has 0 unspecified atom stereocenters. The van der Waals surface area contributed by atoms with Crippen LogP contribution in [0.5, 0.6) is 0 Å². The van der Waals surface area contributed by atoms with Gasteiger partial charge >= 0.3 is 6.18 Å². The Balaban J connectivity index is 2.78. The number of alkyl halides is 3. The van der Waals surface area contributed by atoms with Gasteiger partial charge in [0.2, 0.25) is 11.8 Å². The molecule has 0 aromatic heterocycles. The zero-order chi connectivity index (χ0) is 19.4. The summed E-state index contributed by atoms with van der Waals surface area (Å²) in [5, 5.41) is 2.30. The lowest BCUT2D eigenvalue weighted by atomic mass is 10.1. The normalized spacial score (nSPS) is 12.3. The Morgan fingerprint density at radius 3 is 2.36 bits per heavy atom. The molecule has 0 saturated heterocycles. The van der Waals surface area contributed by atoms with Crippen molar-refractivity contribution in [2.75, 3.05) is 13.6 Å². The highest BCUT2D eigenvalue weighted by atomic mass is 35.5. The number of amides is 2. The minimum atomic E-state index is -4.58. The van der Waals surface area contributed by atoms with Crippen molar-refractivity contribution >= 4 is 29.5 Å². The first-order chi connectivity index (χ1) is 11.3. The van der Waals surface area contributed by atoms with Gasteiger partial charge in [0.25, 0.3) is 0 Å². The van der Waals surface area contributed by atoms with Crippen LogP contribution in [0.15, 0.2) is 24.3 Å². The molecule has 0 atom stereocenters. The number of halogens is 4. The van der Waals surface area contributed by atoms with Crippen LogP contribution < -0.4 is 5.32 Å². The third-order valence-corrected chi connectivity index (χ3v) is 3.32. The molecular formula is C17H20ClF3N2O2. The molecule has 0 heterocycles. The third kappa shape index (κ3) is 7.17. The Labute approximate surface area is 149 Å². The van der Waals surface area contributed by atoms with Gasteiger partial charge in [-0.15, -0.1) is 0 Å². The van der Waals surface area contributed by atoms with Crippen LogP contribution in [-0.4, -0.2) is 35.8 Å². The highest BCUT2D eigenvalue weighted by Crippen LogP contribution is 2.35. The molecule has 0 bridgehead atoms. The fraction of sp³-hybridized carbons (Fsp3) is 0.412. The molecule has 0 saturated carbocycles. The maximum Gasteiger partial charge on any atom is 0.417 e. The van der Waals surface area contributed by atoms with Crippen molar-refractivity contribution in [1.82, 2.24) is 10.2 Å². The van der Waals surface area contributed by atoms with Crippen molar-refractivity contribution in [3.8, 4) is 0 Å². The van der Waals surface area contributed by atoms with Crippen molar-refractivity contribution < 1.29 is 22.8 Å². The summed E-state index contributed by atoms with van der Waals surface area (Å²) < 4.78 is 38.4. The number of hydrogen-bond donors (Lipinski definition) is 1. The number of nitrogens with one attached hydrogen (secondary N) is 1. The zero-order valence-corrected chi connectivity index (χ0v) is 15.1. The molecular weight excluding hydrogens is 357 g/mol. The van der Waals surface area contributed by atoms with E-state index in [0.717, 1.165) is 23.1 Å². The largest absolute Gasteiger partial charge is 0.417 e. The van der Waals surface area contributed by atoms with Crippen LogP contribution in [0.3, 0.4) is 0 Å². The fourth-order valence-electron chi connectivity index (χ4n) is 1.91. The average Bonchev–Trinajstić information content (AvgIpc) is 2.42. The number of carbonyl (C=O) groups excluding carboxylic acids is 2. The molecule has 0 aliphatic heterocycles. The van der Waals surface area contributed by atoms with Crippen LogP contribution >= 0.6 is 11.6 Å². The van der Waals surface area contributed by atoms with E-state index in [1.54, 1.807) is 0 Å². The molecule has 0 spiro atoms. The Kier molecular flexibility index (Phi) is 6.65. The quantitative estimate of drug-likeness (QED) is 0.814. The number of likely N-dealkylation sites (N-methyl/N-ethyl adjacent to an activating group) is 1. The van der Waals surface area contributed by atoms with E-state index in [1.165, 1.54) is 19.2 Å². The lowest BCUT2D eigenvalue weighted by Crippen LogP contribution is -2.46. The topological polar surface area (TPSA) is 49.4 Å². The molecule has 138 valence electrons. The Morgan fingerprint density at radius 1 is 1.24 bits per heavy atom. The maximum absolute atomic E-state index is 12.8. The molecule has 1 N–H and O–H groups in total. The molecule has 0 aliphatic carbocycles. The Bertz CT molecular complexity index is 679. The van der Waals surface area contributed by atoms with Crippen LogP contribution in [-0.2, 0) is 15.8 Å². The van der Waals surface area contributed by atoms with Gasteiger partial charge in [-0.05, 0) is 44.5 Å². The van der Waals surface area contributed by atoms with E-state index < -0.39 is 28.2 Å². The maximum atomic E-state index is 12.8. The predicted molar refractivity (Wildman–Crippen MR) is 91.0 cm³/mol. The van der Waals surface area contributed by atoms with Crippen LogP contribution in [0.25, 0.3) is 6.08 Å². The Hall–Kier alpha value is -2.02. The smallest absolute Gasteiger partial charge is 0.350 e. The first-order valence-electron chi connectivity index (χ1n) is 7.40. The molecule has 1 rings (SSSR count). The van der Waals surface area contributed by atoms with Gasteiger partial charge in [0, 0.05) is 18.7 Å². The lowest BCUT2D eigenvalue weighted by Gasteiger charge is -2.22. The van der Waals surface area contributed by atoms with Gasteiger partial charge in [-0.1, -0.05) is 17.7 Å². The second kappa shape index (κ2) is 7.91. The molecule has 0 fully saturated rings. The van der Waals surface area contributed by atoms with Gasteiger partial charge in [0.1, 0.15) is 0 Å². The van der Waals surface area contributed by atoms with Crippen molar-refractivity contribution in [3.05, 3.63) is 40.4 Å². The molecule has 4 nitrogen and oxygen atoms in total. The second-order valence-corrected chi connectivity index (χ2v) is 6.97. The van der Waals surface area contributed by atoms with Crippen molar-refractivity contribution in [3.63, 3.8) is 0 Å². The van der Waals surface area contributed by atoms with E-state index in [0.29, 0.717) is 0 Å². The van der Waals surface area contributed by atoms with Gasteiger partial charge in [-0.3, -0.25) is 9.59 Å². The summed E-state index contributed by atoms with van der Waals surface area (Å²) in [6.07, 6.45) is -2.23. The summed E-state index contributed by atoms with van der Waals surface area (Å²) in [6, 6.07) is 3.35. The lowest BCUT2D eigenvalue weighted by molar-refractivity contribution is -0.137. The van der Waals surface area contributed by atoms with Gasteiger partial charge in [0.05, 0.1) is 17.1 Å². The summed E-state index contributed by atoms with van der Waals surface area (Å²) in [5.74, 6) is -0.838. The molecule has 0 radical (unpaired) electrons. The summed E-state index contributed by atoms with van der Waals surface area (Å²) in [6.45, 7) is 5.27. The van der Waals surface area contributed by atoms with E-state index in [2.05, 4.69) is 5.32 Å². The molecule has 1 aromatic carbocycles. The number of hydrogen-bond acceptors (Lipinski definition) is 2. The van der Waals surface area contributed by atoms with E-state index in [9.17, 15) is 22.8 Å². The molecule has 25 heavy (non-hydrogen) atoms. The molecule has 8 heteroatoms. The van der Waals surface area contributed by atoms with Crippen LogP contribution in [0, 0.1) is 0 Å². The van der Waals surface area contributed by atoms with Crippen molar-refractivity contribution in [1.29, 1.82) is 0 Å². The molecule has 1 aromatic rings. The van der Waals surface area contributed by atoms with E-state index in [4.69, 9.17) is 11.6 Å². The molecule has 0 aliphatic rings. The summed E-state index contributed by atoms with van der Waals surface area (Å²) in [5.41, 5.74) is -1.21. The minimum Gasteiger partial charge on any atom is -0.350 e. The summed E-state index contributed by atoms with van der Waals surface area (Å²) in [4.78, 5) is 24.9. The highest BCUT2D eigenvalue weighted by Gasteiger charge is 2.33.